The lowest BCUT2D eigenvalue weighted by Gasteiger charge is -2.35. The van der Waals surface area contributed by atoms with Crippen LogP contribution >= 0.6 is 0 Å². The van der Waals surface area contributed by atoms with Crippen molar-refractivity contribution in [2.75, 3.05) is 26.2 Å². The minimum atomic E-state index is -3.59. The van der Waals surface area contributed by atoms with Crippen molar-refractivity contribution >= 4 is 33.6 Å². The molecule has 0 spiro atoms. The van der Waals surface area contributed by atoms with Crippen molar-refractivity contribution in [3.05, 3.63) is 29.8 Å². The van der Waals surface area contributed by atoms with Crippen LogP contribution in [0.1, 0.15) is 37.7 Å². The van der Waals surface area contributed by atoms with E-state index in [1.54, 1.807) is 24.3 Å². The Labute approximate surface area is 192 Å². The minimum Gasteiger partial charge on any atom is -0.390 e. The second kappa shape index (κ2) is 9.48. The van der Waals surface area contributed by atoms with Gasteiger partial charge in [0, 0.05) is 39.0 Å². The highest BCUT2D eigenvalue weighted by molar-refractivity contribution is 7.89. The van der Waals surface area contributed by atoms with Gasteiger partial charge in [0.1, 0.15) is 5.71 Å². The van der Waals surface area contributed by atoms with Crippen LogP contribution in [0.15, 0.2) is 34.3 Å². The van der Waals surface area contributed by atoms with Crippen molar-refractivity contribution in [2.45, 2.75) is 49.6 Å². The van der Waals surface area contributed by atoms with E-state index in [4.69, 9.17) is 10.6 Å². The predicted molar refractivity (Wildman–Crippen MR) is 117 cm³/mol. The number of urea groups is 1. The van der Waals surface area contributed by atoms with Crippen molar-refractivity contribution in [2.24, 2.45) is 10.9 Å². The highest BCUT2D eigenvalue weighted by Gasteiger charge is 2.36. The Bertz CT molecular complexity index is 1080. The fourth-order valence-electron chi connectivity index (χ4n) is 4.22. The number of oxime groups is 1. The zero-order valence-corrected chi connectivity index (χ0v) is 19.0. The number of amides is 4. The van der Waals surface area contributed by atoms with Crippen molar-refractivity contribution in [1.29, 1.82) is 0 Å². The van der Waals surface area contributed by atoms with Crippen molar-refractivity contribution in [3.8, 4) is 0 Å². The third kappa shape index (κ3) is 5.01. The number of rotatable bonds is 7. The van der Waals surface area contributed by atoms with Crippen LogP contribution in [0.25, 0.3) is 0 Å². The molecular formula is C21H27N5O6S. The number of benzene rings is 1. The summed E-state index contributed by atoms with van der Waals surface area (Å²) in [5, 5.41) is 3.61. The standard InChI is InChI=1S/C21H27N5O6S/c22-20(28)18-12-16(32-23-18)14-26-19(27)7-10-24(21(26)29)13-15-5-4-6-17(11-15)33(30,31)25-8-2-1-3-9-25/h4-6,11,16H,1-3,7-10,12-14H2,(H2,22,28). The van der Waals surface area contributed by atoms with Crippen LogP contribution in [0.3, 0.4) is 0 Å². The molecule has 0 aliphatic carbocycles. The van der Waals surface area contributed by atoms with Crippen LogP contribution in [0.4, 0.5) is 4.79 Å². The van der Waals surface area contributed by atoms with E-state index >= 15 is 0 Å². The predicted octanol–water partition coefficient (Wildman–Crippen LogP) is 0.646. The highest BCUT2D eigenvalue weighted by Crippen LogP contribution is 2.23. The molecule has 3 aliphatic rings. The maximum absolute atomic E-state index is 13.0. The van der Waals surface area contributed by atoms with Crippen LogP contribution in [0, 0.1) is 0 Å². The first-order chi connectivity index (χ1) is 15.8. The summed E-state index contributed by atoms with van der Waals surface area (Å²) >= 11 is 0. The number of sulfonamides is 1. The second-order valence-corrected chi connectivity index (χ2v) is 10.3. The summed E-state index contributed by atoms with van der Waals surface area (Å²) in [5.41, 5.74) is 5.92. The minimum absolute atomic E-state index is 0.0438. The number of hydrogen-bond donors (Lipinski definition) is 1. The van der Waals surface area contributed by atoms with Gasteiger partial charge in [0.2, 0.25) is 15.9 Å². The van der Waals surface area contributed by atoms with E-state index in [2.05, 4.69) is 5.16 Å². The Morgan fingerprint density at radius 3 is 2.61 bits per heavy atom. The third-order valence-corrected chi connectivity index (χ3v) is 7.92. The summed E-state index contributed by atoms with van der Waals surface area (Å²) in [5.74, 6) is -1.04. The maximum Gasteiger partial charge on any atom is 0.327 e. The molecule has 2 saturated heterocycles. The lowest BCUT2D eigenvalue weighted by atomic mass is 10.1. The van der Waals surface area contributed by atoms with Crippen LogP contribution in [0.5, 0.6) is 0 Å². The largest absolute Gasteiger partial charge is 0.390 e. The molecule has 2 fully saturated rings. The monoisotopic (exact) mass is 477 g/mol. The van der Waals surface area contributed by atoms with E-state index in [1.807, 2.05) is 0 Å². The second-order valence-electron chi connectivity index (χ2n) is 8.40. The number of imide groups is 1. The van der Waals surface area contributed by atoms with E-state index in [0.29, 0.717) is 18.7 Å². The molecule has 4 amide bonds. The molecule has 3 heterocycles. The maximum atomic E-state index is 13.0. The number of carbonyl (C=O) groups excluding carboxylic acids is 3. The molecule has 0 radical (unpaired) electrons. The van der Waals surface area contributed by atoms with Crippen LogP contribution < -0.4 is 5.73 Å². The van der Waals surface area contributed by atoms with Gasteiger partial charge in [-0.15, -0.1) is 0 Å². The molecule has 33 heavy (non-hydrogen) atoms. The number of carbonyl (C=O) groups is 3. The van der Waals surface area contributed by atoms with E-state index in [9.17, 15) is 22.8 Å². The molecule has 1 atom stereocenters. The molecule has 2 N–H and O–H groups in total. The summed E-state index contributed by atoms with van der Waals surface area (Å²) in [6.07, 6.45) is 2.36. The summed E-state index contributed by atoms with van der Waals surface area (Å²) in [6, 6.07) is 6.08. The zero-order chi connectivity index (χ0) is 23.6. The van der Waals surface area contributed by atoms with Crippen molar-refractivity contribution in [3.63, 3.8) is 0 Å². The summed E-state index contributed by atoms with van der Waals surface area (Å²) in [7, 11) is -3.59. The van der Waals surface area contributed by atoms with Gasteiger partial charge < -0.3 is 15.5 Å². The van der Waals surface area contributed by atoms with Gasteiger partial charge in [-0.3, -0.25) is 14.5 Å². The van der Waals surface area contributed by atoms with E-state index in [-0.39, 0.29) is 49.0 Å². The van der Waals surface area contributed by atoms with E-state index in [0.717, 1.165) is 24.2 Å². The molecule has 1 unspecified atom stereocenters. The fraction of sp³-hybridized carbons (Fsp3) is 0.524. The summed E-state index contributed by atoms with van der Waals surface area (Å²) in [6.45, 7) is 1.38. The van der Waals surface area contributed by atoms with Crippen molar-refractivity contribution in [1.82, 2.24) is 14.1 Å². The third-order valence-electron chi connectivity index (χ3n) is 6.03. The van der Waals surface area contributed by atoms with E-state index in [1.165, 1.54) is 9.21 Å². The van der Waals surface area contributed by atoms with E-state index < -0.39 is 28.1 Å². The number of nitrogens with two attached hydrogens (primary N) is 1. The van der Waals surface area contributed by atoms with Gasteiger partial charge in [0.05, 0.1) is 11.4 Å². The Kier molecular flexibility index (Phi) is 6.66. The molecular weight excluding hydrogens is 450 g/mol. The van der Waals surface area contributed by atoms with Crippen LogP contribution in [-0.4, -0.2) is 78.4 Å². The molecule has 3 aliphatic heterocycles. The molecule has 0 aromatic heterocycles. The highest BCUT2D eigenvalue weighted by atomic mass is 32.2. The fourth-order valence-corrected chi connectivity index (χ4v) is 5.81. The van der Waals surface area contributed by atoms with Gasteiger partial charge in [-0.25, -0.2) is 13.2 Å². The van der Waals surface area contributed by atoms with Crippen LogP contribution in [0.2, 0.25) is 0 Å². The molecule has 11 nitrogen and oxygen atoms in total. The summed E-state index contributed by atoms with van der Waals surface area (Å²) in [4.78, 5) is 44.5. The van der Waals surface area contributed by atoms with Gasteiger partial charge in [-0.1, -0.05) is 23.7 Å². The Hall–Kier alpha value is -2.99. The first-order valence-corrected chi connectivity index (χ1v) is 12.4. The lowest BCUT2D eigenvalue weighted by molar-refractivity contribution is -0.132. The van der Waals surface area contributed by atoms with Gasteiger partial charge in [0.15, 0.2) is 6.10 Å². The number of piperidine rings is 1. The quantitative estimate of drug-likeness (QED) is 0.611. The van der Waals surface area contributed by atoms with Gasteiger partial charge in [-0.05, 0) is 30.5 Å². The average Bonchev–Trinajstić information content (AvgIpc) is 3.28. The normalized spacial score (nSPS) is 22.3. The Morgan fingerprint density at radius 2 is 1.91 bits per heavy atom. The molecule has 0 bridgehead atoms. The smallest absolute Gasteiger partial charge is 0.327 e. The number of hydrogen-bond acceptors (Lipinski definition) is 7. The average molecular weight is 478 g/mol. The van der Waals surface area contributed by atoms with Gasteiger partial charge in [0.25, 0.3) is 5.91 Å². The molecule has 0 saturated carbocycles. The molecule has 1 aromatic carbocycles. The van der Waals surface area contributed by atoms with Crippen LogP contribution in [-0.2, 0) is 31.0 Å². The lowest BCUT2D eigenvalue weighted by Crippen LogP contribution is -2.54. The molecule has 4 rings (SSSR count). The topological polar surface area (TPSA) is 143 Å². The number of nitrogens with zero attached hydrogens (tertiary/aromatic N) is 4. The first-order valence-electron chi connectivity index (χ1n) is 11.0. The Balaban J connectivity index is 1.43. The molecule has 178 valence electrons. The molecule has 12 heteroatoms. The first kappa shape index (κ1) is 23.2. The van der Waals surface area contributed by atoms with Gasteiger partial charge >= 0.3 is 6.03 Å². The zero-order valence-electron chi connectivity index (χ0n) is 18.2. The molecule has 1 aromatic rings. The number of primary amides is 1. The SMILES string of the molecule is NC(=O)C1=NOC(CN2C(=O)CCN(Cc3cccc(S(=O)(=O)N4CCCCC4)c3)C2=O)C1. The van der Waals surface area contributed by atoms with Gasteiger partial charge in [-0.2, -0.15) is 4.31 Å². The summed E-state index contributed by atoms with van der Waals surface area (Å²) < 4.78 is 27.5. The van der Waals surface area contributed by atoms with Crippen molar-refractivity contribution < 1.29 is 27.6 Å². The Morgan fingerprint density at radius 1 is 1.15 bits per heavy atom.